The van der Waals surface area contributed by atoms with Gasteiger partial charge in [0.15, 0.2) is 16.8 Å². The highest BCUT2D eigenvalue weighted by atomic mass is 32.2. The molecule has 3 rings (SSSR count). The molecule has 9 heteroatoms. The van der Waals surface area contributed by atoms with Crippen LogP contribution in [0.5, 0.6) is 0 Å². The van der Waals surface area contributed by atoms with Crippen molar-refractivity contribution in [3.63, 3.8) is 0 Å². The normalized spacial score (nSPS) is 11.2. The quantitative estimate of drug-likeness (QED) is 0.301. The van der Waals surface area contributed by atoms with Gasteiger partial charge in [0, 0.05) is 31.0 Å². The minimum atomic E-state index is -1.23. The predicted molar refractivity (Wildman–Crippen MR) is 103 cm³/mol. The number of thioether (sulfide) groups is 1. The number of carbonyl (C=O) groups excluding carboxylic acids is 1. The second-order valence-corrected chi connectivity index (χ2v) is 7.05. The lowest BCUT2D eigenvalue weighted by atomic mass is 10.2. The first-order valence-electron chi connectivity index (χ1n) is 8.87. The van der Waals surface area contributed by atoms with Crippen LogP contribution in [-0.4, -0.2) is 35.8 Å². The van der Waals surface area contributed by atoms with Gasteiger partial charge < -0.3 is 14.0 Å². The summed E-state index contributed by atoms with van der Waals surface area (Å²) in [6, 6.07) is 6.41. The average Bonchev–Trinajstić information content (AvgIpc) is 3.04. The smallest absolute Gasteiger partial charge is 0.338 e. The van der Waals surface area contributed by atoms with Gasteiger partial charge in [-0.1, -0.05) is 11.8 Å². The minimum Gasteiger partial charge on any atom is -0.462 e. The predicted octanol–water partition coefficient (Wildman–Crippen LogP) is 4.57. The van der Waals surface area contributed by atoms with Gasteiger partial charge in [0.05, 0.1) is 29.8 Å². The van der Waals surface area contributed by atoms with Crippen molar-refractivity contribution >= 4 is 28.8 Å². The molecule has 0 saturated carbocycles. The van der Waals surface area contributed by atoms with E-state index in [-0.39, 0.29) is 17.9 Å². The maximum absolute atomic E-state index is 13.9. The molecule has 0 fully saturated rings. The number of fused-ring (bicyclic) bond motifs is 1. The van der Waals surface area contributed by atoms with Crippen LogP contribution in [0.1, 0.15) is 22.8 Å². The highest BCUT2D eigenvalue weighted by molar-refractivity contribution is 7.98. The van der Waals surface area contributed by atoms with Gasteiger partial charge in [-0.2, -0.15) is 0 Å². The minimum absolute atomic E-state index is 0.0338. The van der Waals surface area contributed by atoms with Gasteiger partial charge in [-0.3, -0.25) is 0 Å². The van der Waals surface area contributed by atoms with E-state index in [4.69, 9.17) is 9.47 Å². The van der Waals surface area contributed by atoms with Gasteiger partial charge in [0.1, 0.15) is 5.82 Å². The number of hydrogen-bond acceptors (Lipinski definition) is 5. The number of esters is 1. The number of halogens is 3. The number of carbonyl (C=O) groups is 1. The molecule has 0 aliphatic rings. The van der Waals surface area contributed by atoms with E-state index in [1.165, 1.54) is 11.8 Å². The fraction of sp³-hybridized carbons (Fsp3) is 0.300. The maximum Gasteiger partial charge on any atom is 0.338 e. The average molecular weight is 424 g/mol. The van der Waals surface area contributed by atoms with Crippen molar-refractivity contribution in [1.82, 2.24) is 9.55 Å². The van der Waals surface area contributed by atoms with Crippen LogP contribution in [0.2, 0.25) is 0 Å². The number of aromatic nitrogens is 2. The van der Waals surface area contributed by atoms with E-state index in [9.17, 15) is 18.0 Å². The molecule has 0 spiro atoms. The summed E-state index contributed by atoms with van der Waals surface area (Å²) in [4.78, 5) is 16.5. The van der Waals surface area contributed by atoms with E-state index in [1.54, 1.807) is 32.2 Å². The van der Waals surface area contributed by atoms with Gasteiger partial charge in [-0.05, 0) is 31.2 Å². The standard InChI is InChI=1S/C20H19F3N2O3S/c1-3-28-19(26)12-4-5-18-17(9-12)24-20(25(18)6-7-27-2)29-11-13-8-15(22)16(23)10-14(13)21/h4-5,8-10H,3,6-7,11H2,1-2H3. The molecule has 0 amide bonds. The summed E-state index contributed by atoms with van der Waals surface area (Å²) in [6.07, 6.45) is 0. The molecule has 29 heavy (non-hydrogen) atoms. The second kappa shape index (κ2) is 9.32. The van der Waals surface area contributed by atoms with Gasteiger partial charge in [0.25, 0.3) is 0 Å². The molecule has 1 heterocycles. The summed E-state index contributed by atoms with van der Waals surface area (Å²) < 4.78 is 52.5. The zero-order valence-corrected chi connectivity index (χ0v) is 16.7. The largest absolute Gasteiger partial charge is 0.462 e. The maximum atomic E-state index is 13.9. The first-order chi connectivity index (χ1) is 13.9. The molecule has 2 aromatic carbocycles. The van der Waals surface area contributed by atoms with Crippen LogP contribution in [0.3, 0.4) is 0 Å². The second-order valence-electron chi connectivity index (χ2n) is 6.11. The summed E-state index contributed by atoms with van der Waals surface area (Å²) in [6.45, 7) is 2.88. The summed E-state index contributed by atoms with van der Waals surface area (Å²) in [5.41, 5.74) is 1.74. The van der Waals surface area contributed by atoms with E-state index >= 15 is 0 Å². The molecule has 154 valence electrons. The van der Waals surface area contributed by atoms with E-state index < -0.39 is 23.4 Å². The Morgan fingerprint density at radius 3 is 2.62 bits per heavy atom. The van der Waals surface area contributed by atoms with Crippen LogP contribution in [0.15, 0.2) is 35.5 Å². The molecule has 0 aliphatic heterocycles. The molecule has 0 bridgehead atoms. The van der Waals surface area contributed by atoms with Gasteiger partial charge in [0.2, 0.25) is 0 Å². The van der Waals surface area contributed by atoms with Gasteiger partial charge in [-0.15, -0.1) is 0 Å². The van der Waals surface area contributed by atoms with Crippen molar-refractivity contribution in [2.45, 2.75) is 24.4 Å². The molecule has 5 nitrogen and oxygen atoms in total. The number of ether oxygens (including phenoxy) is 2. The van der Waals surface area contributed by atoms with Crippen molar-refractivity contribution in [3.05, 3.63) is 58.9 Å². The van der Waals surface area contributed by atoms with Crippen LogP contribution in [0, 0.1) is 17.5 Å². The van der Waals surface area contributed by atoms with Crippen molar-refractivity contribution in [1.29, 1.82) is 0 Å². The number of hydrogen-bond donors (Lipinski definition) is 0. The van der Waals surface area contributed by atoms with Crippen LogP contribution in [0.4, 0.5) is 13.2 Å². The molecular weight excluding hydrogens is 405 g/mol. The highest BCUT2D eigenvalue weighted by Gasteiger charge is 2.16. The Hall–Kier alpha value is -2.52. The summed E-state index contributed by atoms with van der Waals surface area (Å²) in [5, 5.41) is 0.544. The molecular formula is C20H19F3N2O3S. The van der Waals surface area contributed by atoms with Gasteiger partial charge >= 0.3 is 5.97 Å². The number of methoxy groups -OCH3 is 1. The molecule has 0 saturated heterocycles. The van der Waals surface area contributed by atoms with E-state index in [0.29, 0.717) is 35.5 Å². The Balaban J connectivity index is 1.92. The summed E-state index contributed by atoms with van der Waals surface area (Å²) in [5.74, 6) is -3.53. The van der Waals surface area contributed by atoms with Crippen LogP contribution >= 0.6 is 11.8 Å². The lowest BCUT2D eigenvalue weighted by molar-refractivity contribution is 0.0526. The third-order valence-electron chi connectivity index (χ3n) is 4.19. The Bertz CT molecular complexity index is 1040. The zero-order chi connectivity index (χ0) is 21.0. The monoisotopic (exact) mass is 424 g/mol. The molecule has 0 unspecified atom stereocenters. The Kier molecular flexibility index (Phi) is 6.81. The number of nitrogens with zero attached hydrogens (tertiary/aromatic N) is 2. The van der Waals surface area contributed by atoms with Crippen molar-refractivity contribution in [2.75, 3.05) is 20.3 Å². The summed E-state index contributed by atoms with van der Waals surface area (Å²) >= 11 is 1.18. The molecule has 0 radical (unpaired) electrons. The fourth-order valence-electron chi connectivity index (χ4n) is 2.77. The SMILES string of the molecule is CCOC(=O)c1ccc2c(c1)nc(SCc1cc(F)c(F)cc1F)n2CCOC. The third-order valence-corrected chi connectivity index (χ3v) is 5.21. The van der Waals surface area contributed by atoms with Crippen LogP contribution < -0.4 is 0 Å². The van der Waals surface area contributed by atoms with Gasteiger partial charge in [-0.25, -0.2) is 22.9 Å². The number of benzene rings is 2. The first kappa shape index (κ1) is 21.2. The van der Waals surface area contributed by atoms with Crippen LogP contribution in [-0.2, 0) is 21.8 Å². The third kappa shape index (κ3) is 4.73. The van der Waals surface area contributed by atoms with Crippen LogP contribution in [0.25, 0.3) is 11.0 Å². The molecule has 3 aromatic rings. The molecule has 0 N–H and O–H groups in total. The Labute approximate surface area is 169 Å². The fourth-order valence-corrected chi connectivity index (χ4v) is 3.79. The Morgan fingerprint density at radius 2 is 1.90 bits per heavy atom. The van der Waals surface area contributed by atoms with Crippen molar-refractivity contribution in [2.24, 2.45) is 0 Å². The number of rotatable bonds is 8. The lowest BCUT2D eigenvalue weighted by Gasteiger charge is -2.09. The topological polar surface area (TPSA) is 53.3 Å². The molecule has 0 aliphatic carbocycles. The first-order valence-corrected chi connectivity index (χ1v) is 9.85. The van der Waals surface area contributed by atoms with E-state index in [0.717, 1.165) is 11.6 Å². The van der Waals surface area contributed by atoms with Crippen molar-refractivity contribution in [3.8, 4) is 0 Å². The van der Waals surface area contributed by atoms with Crippen molar-refractivity contribution < 1.29 is 27.4 Å². The number of imidazole rings is 1. The summed E-state index contributed by atoms with van der Waals surface area (Å²) in [7, 11) is 1.57. The van der Waals surface area contributed by atoms with E-state index in [2.05, 4.69) is 4.98 Å². The molecule has 1 aromatic heterocycles. The molecule has 0 atom stereocenters. The zero-order valence-electron chi connectivity index (χ0n) is 15.9. The Morgan fingerprint density at radius 1 is 1.14 bits per heavy atom. The highest BCUT2D eigenvalue weighted by Crippen LogP contribution is 2.29. The van der Waals surface area contributed by atoms with E-state index in [1.807, 2.05) is 4.57 Å². The lowest BCUT2D eigenvalue weighted by Crippen LogP contribution is -2.06.